The van der Waals surface area contributed by atoms with Gasteiger partial charge >= 0.3 is 0 Å². The molecule has 3 aromatic rings. The molecule has 1 fully saturated rings. The lowest BCUT2D eigenvalue weighted by Gasteiger charge is -2.32. The fourth-order valence-corrected chi connectivity index (χ4v) is 4.17. The first-order chi connectivity index (χ1) is 14.2. The van der Waals surface area contributed by atoms with E-state index in [9.17, 15) is 4.79 Å². The van der Waals surface area contributed by atoms with Gasteiger partial charge in [0.1, 0.15) is 5.01 Å². The molecule has 3 heterocycles. The maximum atomic E-state index is 12.5. The minimum absolute atomic E-state index is 0.0559. The van der Waals surface area contributed by atoms with Gasteiger partial charge in [0.25, 0.3) is 0 Å². The molecule has 0 radical (unpaired) electrons. The van der Waals surface area contributed by atoms with Crippen molar-refractivity contribution in [2.45, 2.75) is 13.0 Å². The number of hydrogen-bond donors (Lipinski definition) is 1. The number of pyridine rings is 1. The monoisotopic (exact) mass is 407 g/mol. The summed E-state index contributed by atoms with van der Waals surface area (Å²) >= 11 is 1.51. The number of likely N-dealkylation sites (N-methyl/N-ethyl adjacent to an activating group) is 1. The van der Waals surface area contributed by atoms with Gasteiger partial charge in [-0.3, -0.25) is 14.7 Å². The number of hydrogen-bond acceptors (Lipinski definition) is 6. The van der Waals surface area contributed by atoms with Crippen LogP contribution in [-0.4, -0.2) is 58.9 Å². The molecule has 1 saturated heterocycles. The fraction of sp³-hybridized carbons (Fsp3) is 0.318. The van der Waals surface area contributed by atoms with Crippen molar-refractivity contribution >= 4 is 22.9 Å². The van der Waals surface area contributed by atoms with Crippen LogP contribution in [0.1, 0.15) is 11.3 Å². The van der Waals surface area contributed by atoms with Crippen molar-refractivity contribution in [2.24, 2.45) is 0 Å². The highest BCUT2D eigenvalue weighted by atomic mass is 32.1. The molecule has 0 unspecified atom stereocenters. The second kappa shape index (κ2) is 9.26. The number of carbonyl (C=O) groups excluding carboxylic acids is 1. The molecule has 1 amide bonds. The number of carbonyl (C=O) groups is 1. The number of aromatic nitrogens is 2. The lowest BCUT2D eigenvalue weighted by atomic mass is 10.1. The first-order valence-electron chi connectivity index (χ1n) is 9.81. The Hall–Kier alpha value is -2.61. The first kappa shape index (κ1) is 19.7. The topological polar surface area (TPSA) is 61.4 Å². The Morgan fingerprint density at radius 3 is 2.79 bits per heavy atom. The van der Waals surface area contributed by atoms with E-state index in [4.69, 9.17) is 0 Å². The number of rotatable bonds is 6. The zero-order valence-corrected chi connectivity index (χ0v) is 17.4. The molecule has 0 aliphatic carbocycles. The van der Waals surface area contributed by atoms with Crippen molar-refractivity contribution in [3.8, 4) is 10.7 Å². The van der Waals surface area contributed by atoms with Gasteiger partial charge < -0.3 is 10.2 Å². The van der Waals surface area contributed by atoms with Gasteiger partial charge in [0, 0.05) is 50.0 Å². The number of nitrogens with zero attached hydrogens (tertiary/aromatic N) is 4. The molecule has 0 bridgehead atoms. The maximum absolute atomic E-state index is 12.5. The summed E-state index contributed by atoms with van der Waals surface area (Å²) in [5.74, 6) is -0.0559. The van der Waals surface area contributed by atoms with Crippen molar-refractivity contribution in [1.29, 1.82) is 0 Å². The molecular weight excluding hydrogens is 382 g/mol. The van der Waals surface area contributed by atoms with Gasteiger partial charge in [-0.05, 0) is 36.9 Å². The minimum Gasteiger partial charge on any atom is -0.326 e. The highest BCUT2D eigenvalue weighted by molar-refractivity contribution is 7.13. The Balaban J connectivity index is 1.33. The molecule has 1 aliphatic heterocycles. The van der Waals surface area contributed by atoms with E-state index in [-0.39, 0.29) is 12.3 Å². The molecule has 1 aromatic carbocycles. The SMILES string of the molecule is CN1CCN(Cc2cccc(NC(=O)Cc3csc(-c4ccccn4)n3)c2)CC1. The maximum Gasteiger partial charge on any atom is 0.230 e. The molecule has 0 saturated carbocycles. The first-order valence-corrected chi connectivity index (χ1v) is 10.7. The number of nitrogens with one attached hydrogen (secondary N) is 1. The number of amides is 1. The van der Waals surface area contributed by atoms with Crippen molar-refractivity contribution in [2.75, 3.05) is 38.5 Å². The predicted octanol–water partition coefficient (Wildman–Crippen LogP) is 3.13. The summed E-state index contributed by atoms with van der Waals surface area (Å²) in [7, 11) is 2.16. The Bertz CT molecular complexity index is 951. The summed E-state index contributed by atoms with van der Waals surface area (Å²) in [5.41, 5.74) is 3.66. The largest absolute Gasteiger partial charge is 0.326 e. The van der Waals surface area contributed by atoms with E-state index < -0.39 is 0 Å². The summed E-state index contributed by atoms with van der Waals surface area (Å²) in [6, 6.07) is 13.9. The van der Waals surface area contributed by atoms with Crippen LogP contribution in [0.15, 0.2) is 54.0 Å². The van der Waals surface area contributed by atoms with Crippen LogP contribution in [0.2, 0.25) is 0 Å². The zero-order chi connectivity index (χ0) is 20.1. The molecule has 150 valence electrons. The molecule has 0 atom stereocenters. The third kappa shape index (κ3) is 5.47. The van der Waals surface area contributed by atoms with Gasteiger partial charge in [-0.25, -0.2) is 4.98 Å². The van der Waals surface area contributed by atoms with Gasteiger partial charge in [-0.2, -0.15) is 0 Å². The van der Waals surface area contributed by atoms with Crippen LogP contribution in [0, 0.1) is 0 Å². The Labute approximate surface area is 175 Å². The number of anilines is 1. The third-order valence-corrected chi connectivity index (χ3v) is 5.90. The second-order valence-electron chi connectivity index (χ2n) is 7.36. The van der Waals surface area contributed by atoms with Crippen LogP contribution in [0.25, 0.3) is 10.7 Å². The van der Waals surface area contributed by atoms with Crippen LogP contribution < -0.4 is 5.32 Å². The van der Waals surface area contributed by atoms with Crippen molar-refractivity contribution in [3.05, 3.63) is 65.3 Å². The number of piperazine rings is 1. The average Bonchev–Trinajstić information content (AvgIpc) is 3.19. The van der Waals surface area contributed by atoms with Crippen LogP contribution in [0.4, 0.5) is 5.69 Å². The molecule has 0 spiro atoms. The van der Waals surface area contributed by atoms with Crippen molar-refractivity contribution in [1.82, 2.24) is 19.8 Å². The fourth-order valence-electron chi connectivity index (χ4n) is 3.38. The second-order valence-corrected chi connectivity index (χ2v) is 8.22. The summed E-state index contributed by atoms with van der Waals surface area (Å²) in [6.45, 7) is 5.28. The summed E-state index contributed by atoms with van der Waals surface area (Å²) < 4.78 is 0. The molecule has 29 heavy (non-hydrogen) atoms. The van der Waals surface area contributed by atoms with Gasteiger partial charge in [-0.1, -0.05) is 18.2 Å². The van der Waals surface area contributed by atoms with Crippen LogP contribution in [-0.2, 0) is 17.8 Å². The van der Waals surface area contributed by atoms with Crippen molar-refractivity contribution in [3.63, 3.8) is 0 Å². The van der Waals surface area contributed by atoms with E-state index in [1.807, 2.05) is 35.7 Å². The summed E-state index contributed by atoms with van der Waals surface area (Å²) in [6.07, 6.45) is 2.00. The van der Waals surface area contributed by atoms with E-state index in [1.54, 1.807) is 6.20 Å². The van der Waals surface area contributed by atoms with Gasteiger partial charge in [0.2, 0.25) is 5.91 Å². The lowest BCUT2D eigenvalue weighted by Crippen LogP contribution is -2.43. The molecule has 1 aliphatic rings. The third-order valence-electron chi connectivity index (χ3n) is 4.99. The average molecular weight is 408 g/mol. The lowest BCUT2D eigenvalue weighted by molar-refractivity contribution is -0.115. The summed E-state index contributed by atoms with van der Waals surface area (Å²) in [4.78, 5) is 26.2. The molecule has 7 heteroatoms. The normalized spacial score (nSPS) is 15.3. The van der Waals surface area contributed by atoms with E-state index in [2.05, 4.69) is 44.3 Å². The van der Waals surface area contributed by atoms with Crippen LogP contribution in [0.3, 0.4) is 0 Å². The van der Waals surface area contributed by atoms with Crippen LogP contribution in [0.5, 0.6) is 0 Å². The standard InChI is InChI=1S/C22H25N5OS/c1-26-9-11-27(12-10-26)15-17-5-4-6-18(13-17)24-21(28)14-19-16-29-22(25-19)20-7-2-3-8-23-20/h2-8,13,16H,9-12,14-15H2,1H3,(H,24,28). The van der Waals surface area contributed by atoms with E-state index >= 15 is 0 Å². The van der Waals surface area contributed by atoms with Gasteiger partial charge in [-0.15, -0.1) is 11.3 Å². The molecule has 1 N–H and O–H groups in total. The predicted molar refractivity (Wildman–Crippen MR) is 117 cm³/mol. The van der Waals surface area contributed by atoms with Gasteiger partial charge in [0.05, 0.1) is 17.8 Å². The van der Waals surface area contributed by atoms with Crippen molar-refractivity contribution < 1.29 is 4.79 Å². The summed E-state index contributed by atoms with van der Waals surface area (Å²) in [5, 5.41) is 5.77. The highest BCUT2D eigenvalue weighted by Crippen LogP contribution is 2.22. The minimum atomic E-state index is -0.0559. The Kier molecular flexibility index (Phi) is 6.29. The smallest absolute Gasteiger partial charge is 0.230 e. The molecule has 6 nitrogen and oxygen atoms in total. The van der Waals surface area contributed by atoms with E-state index in [0.29, 0.717) is 0 Å². The highest BCUT2D eigenvalue weighted by Gasteiger charge is 2.14. The molecular formula is C22H25N5OS. The van der Waals surface area contributed by atoms with Gasteiger partial charge in [0.15, 0.2) is 0 Å². The molecule has 4 rings (SSSR count). The zero-order valence-electron chi connectivity index (χ0n) is 16.5. The van der Waals surface area contributed by atoms with Crippen LogP contribution >= 0.6 is 11.3 Å². The van der Waals surface area contributed by atoms with E-state index in [0.717, 1.165) is 54.8 Å². The van der Waals surface area contributed by atoms with E-state index in [1.165, 1.54) is 16.9 Å². The quantitative estimate of drug-likeness (QED) is 0.680. The number of thiazole rings is 1. The Morgan fingerprint density at radius 1 is 1.14 bits per heavy atom. The number of benzene rings is 1. The molecule has 2 aromatic heterocycles. The Morgan fingerprint density at radius 2 is 2.00 bits per heavy atom.